The van der Waals surface area contributed by atoms with Gasteiger partial charge in [-0.2, -0.15) is 0 Å². The highest BCUT2D eigenvalue weighted by atomic mass is 16.5. The third-order valence-corrected chi connectivity index (χ3v) is 8.04. The van der Waals surface area contributed by atoms with Crippen molar-refractivity contribution < 1.29 is 9.47 Å². The van der Waals surface area contributed by atoms with E-state index in [2.05, 4.69) is 58.3 Å². The van der Waals surface area contributed by atoms with E-state index in [1.807, 2.05) is 35.0 Å². The van der Waals surface area contributed by atoms with Crippen molar-refractivity contribution in [2.75, 3.05) is 43.6 Å². The lowest BCUT2D eigenvalue weighted by Gasteiger charge is -2.38. The number of rotatable bonds is 3. The molecule has 8 heteroatoms. The molecule has 0 bridgehead atoms. The Morgan fingerprint density at radius 3 is 2.74 bits per heavy atom. The number of methoxy groups -OCH3 is 1. The van der Waals surface area contributed by atoms with Crippen molar-refractivity contribution in [2.45, 2.75) is 19.3 Å². The van der Waals surface area contributed by atoms with E-state index in [0.717, 1.165) is 65.5 Å². The summed E-state index contributed by atoms with van der Waals surface area (Å²) in [6.45, 7) is 7.71. The van der Waals surface area contributed by atoms with Gasteiger partial charge in [0.25, 0.3) is 5.56 Å². The first-order valence-corrected chi connectivity index (χ1v) is 12.9. The van der Waals surface area contributed by atoms with Crippen LogP contribution in [0.25, 0.3) is 27.7 Å². The van der Waals surface area contributed by atoms with E-state index in [-0.39, 0.29) is 11.0 Å². The monoisotopic (exact) mass is 507 g/mol. The van der Waals surface area contributed by atoms with Gasteiger partial charge in [-0.25, -0.2) is 4.98 Å². The molecule has 192 valence electrons. The van der Waals surface area contributed by atoms with Crippen LogP contribution in [0, 0.1) is 0 Å². The fourth-order valence-electron chi connectivity index (χ4n) is 6.01. The number of anilines is 3. The summed E-state index contributed by atoms with van der Waals surface area (Å²) in [7, 11) is 1.65. The molecule has 0 unspecified atom stereocenters. The minimum absolute atomic E-state index is 0.122. The van der Waals surface area contributed by atoms with Crippen molar-refractivity contribution in [3.05, 3.63) is 82.5 Å². The first-order valence-electron chi connectivity index (χ1n) is 12.9. The van der Waals surface area contributed by atoms with Crippen molar-refractivity contribution in [1.29, 1.82) is 0 Å². The Kier molecular flexibility index (Phi) is 5.03. The maximum Gasteiger partial charge on any atom is 0.257 e. The molecular formula is C30H29N5O3. The molecule has 2 aliphatic heterocycles. The van der Waals surface area contributed by atoms with Crippen molar-refractivity contribution in [1.82, 2.24) is 14.4 Å². The van der Waals surface area contributed by atoms with E-state index in [1.54, 1.807) is 13.3 Å². The van der Waals surface area contributed by atoms with Crippen molar-refractivity contribution in [3.8, 4) is 17.0 Å². The van der Waals surface area contributed by atoms with Gasteiger partial charge in [-0.1, -0.05) is 13.8 Å². The summed E-state index contributed by atoms with van der Waals surface area (Å²) in [5.41, 5.74) is 7.45. The summed E-state index contributed by atoms with van der Waals surface area (Å²) in [6, 6.07) is 14.6. The molecule has 0 atom stereocenters. The van der Waals surface area contributed by atoms with Crippen molar-refractivity contribution >= 4 is 33.5 Å². The number of nitrogens with one attached hydrogen (secondary N) is 2. The predicted octanol–water partition coefficient (Wildman–Crippen LogP) is 5.07. The number of morpholine rings is 1. The molecule has 3 aromatic heterocycles. The van der Waals surface area contributed by atoms with Crippen LogP contribution in [0.5, 0.6) is 5.75 Å². The highest BCUT2D eigenvalue weighted by Crippen LogP contribution is 2.50. The average molecular weight is 508 g/mol. The second-order valence-corrected chi connectivity index (χ2v) is 10.4. The summed E-state index contributed by atoms with van der Waals surface area (Å²) in [4.78, 5) is 23.3. The molecule has 1 saturated heterocycles. The maximum atomic E-state index is 13.4. The maximum absolute atomic E-state index is 13.4. The van der Waals surface area contributed by atoms with Crippen LogP contribution >= 0.6 is 0 Å². The van der Waals surface area contributed by atoms with E-state index in [0.29, 0.717) is 11.1 Å². The lowest BCUT2D eigenvalue weighted by atomic mass is 9.72. The molecule has 5 heterocycles. The molecule has 0 spiro atoms. The third-order valence-electron chi connectivity index (χ3n) is 8.04. The van der Waals surface area contributed by atoms with E-state index in [9.17, 15) is 4.79 Å². The van der Waals surface area contributed by atoms with Gasteiger partial charge >= 0.3 is 0 Å². The summed E-state index contributed by atoms with van der Waals surface area (Å²) >= 11 is 0. The van der Waals surface area contributed by atoms with Gasteiger partial charge in [0.15, 0.2) is 11.4 Å². The summed E-state index contributed by atoms with van der Waals surface area (Å²) in [5, 5.41) is 5.15. The van der Waals surface area contributed by atoms with Crippen LogP contribution in [0.15, 0.2) is 65.8 Å². The predicted molar refractivity (Wildman–Crippen MR) is 150 cm³/mol. The number of fused-ring (bicyclic) bond motifs is 5. The Balaban J connectivity index is 1.47. The third kappa shape index (κ3) is 3.26. The van der Waals surface area contributed by atoms with Crippen molar-refractivity contribution in [3.63, 3.8) is 0 Å². The van der Waals surface area contributed by atoms with Crippen LogP contribution < -0.4 is 20.5 Å². The number of pyridine rings is 2. The van der Waals surface area contributed by atoms with Crippen LogP contribution in [0.4, 0.5) is 17.1 Å². The van der Waals surface area contributed by atoms with E-state index in [4.69, 9.17) is 9.47 Å². The largest absolute Gasteiger partial charge is 0.493 e. The van der Waals surface area contributed by atoms with Crippen LogP contribution in [-0.4, -0.2) is 47.8 Å². The SMILES string of the molecule is COc1cccn2c(-c3cc4c(c5c(=O)[nH]ccc35)Nc3ccc(N5CCOCC5)cc3C4(C)C)cnc12. The second-order valence-electron chi connectivity index (χ2n) is 10.4. The van der Waals surface area contributed by atoms with Gasteiger partial charge in [-0.05, 0) is 53.6 Å². The molecule has 0 aliphatic carbocycles. The van der Waals surface area contributed by atoms with Gasteiger partial charge in [0, 0.05) is 53.2 Å². The molecule has 8 nitrogen and oxygen atoms in total. The summed E-state index contributed by atoms with van der Waals surface area (Å²) < 4.78 is 13.1. The molecule has 2 aliphatic rings. The quantitative estimate of drug-likeness (QED) is 0.355. The van der Waals surface area contributed by atoms with E-state index >= 15 is 0 Å². The Morgan fingerprint density at radius 1 is 1.08 bits per heavy atom. The van der Waals surface area contributed by atoms with E-state index in [1.165, 1.54) is 11.3 Å². The topological polar surface area (TPSA) is 83.9 Å². The lowest BCUT2D eigenvalue weighted by Crippen LogP contribution is -2.36. The molecule has 2 aromatic carbocycles. The van der Waals surface area contributed by atoms with Gasteiger partial charge in [-0.15, -0.1) is 0 Å². The molecule has 5 aromatic rings. The van der Waals surface area contributed by atoms with Gasteiger partial charge in [-0.3, -0.25) is 9.20 Å². The van der Waals surface area contributed by atoms with Gasteiger partial charge < -0.3 is 24.7 Å². The molecule has 7 rings (SSSR count). The normalized spacial score (nSPS) is 16.2. The van der Waals surface area contributed by atoms with E-state index < -0.39 is 0 Å². The molecule has 1 fully saturated rings. The number of aromatic nitrogens is 3. The zero-order valence-corrected chi connectivity index (χ0v) is 21.7. The Hall–Kier alpha value is -4.30. The summed E-state index contributed by atoms with van der Waals surface area (Å²) in [5.74, 6) is 0.699. The Labute approximate surface area is 219 Å². The van der Waals surface area contributed by atoms with Gasteiger partial charge in [0.05, 0.1) is 43.3 Å². The zero-order chi connectivity index (χ0) is 26.0. The highest BCUT2D eigenvalue weighted by molar-refractivity contribution is 6.06. The standard InChI is InChI=1S/C30H29N5O3/c1-30(2)21-15-18(34-11-13-38-14-12-34)6-7-23(21)33-27-22(30)16-20(19-8-9-31-29(36)26(19)27)24-17-32-28-25(37-3)5-4-10-35(24)28/h4-10,15-17,33H,11-14H2,1-3H3,(H,31,36). The molecule has 0 radical (unpaired) electrons. The Morgan fingerprint density at radius 2 is 1.92 bits per heavy atom. The molecule has 0 saturated carbocycles. The van der Waals surface area contributed by atoms with Crippen molar-refractivity contribution in [2.24, 2.45) is 0 Å². The second kappa shape index (κ2) is 8.36. The first-order chi connectivity index (χ1) is 18.5. The van der Waals surface area contributed by atoms with Crippen LogP contribution in [-0.2, 0) is 10.2 Å². The number of ether oxygens (including phenoxy) is 2. The summed E-state index contributed by atoms with van der Waals surface area (Å²) in [6.07, 6.45) is 5.54. The number of hydrogen-bond acceptors (Lipinski definition) is 6. The number of benzene rings is 2. The average Bonchev–Trinajstić information content (AvgIpc) is 3.37. The van der Waals surface area contributed by atoms with Gasteiger partial charge in [0.1, 0.15) is 0 Å². The van der Waals surface area contributed by atoms with Crippen LogP contribution in [0.3, 0.4) is 0 Å². The molecule has 38 heavy (non-hydrogen) atoms. The number of hydrogen-bond donors (Lipinski definition) is 2. The minimum atomic E-state index is -0.360. The van der Waals surface area contributed by atoms with Crippen LogP contribution in [0.1, 0.15) is 25.0 Å². The smallest absolute Gasteiger partial charge is 0.257 e. The number of imidazole rings is 1. The fraction of sp³-hybridized carbons (Fsp3) is 0.267. The number of nitrogens with zero attached hydrogens (tertiary/aromatic N) is 3. The Bertz CT molecular complexity index is 1780. The lowest BCUT2D eigenvalue weighted by molar-refractivity contribution is 0.122. The van der Waals surface area contributed by atoms with Gasteiger partial charge in [0.2, 0.25) is 0 Å². The molecular weight excluding hydrogens is 478 g/mol. The molecule has 2 N–H and O–H groups in total. The highest BCUT2D eigenvalue weighted by Gasteiger charge is 2.36. The fourth-order valence-corrected chi connectivity index (χ4v) is 6.01. The number of aromatic amines is 1. The first kappa shape index (κ1) is 22.9. The molecule has 0 amide bonds. The minimum Gasteiger partial charge on any atom is -0.493 e. The zero-order valence-electron chi connectivity index (χ0n) is 21.7. The van der Waals surface area contributed by atoms with Crippen LogP contribution in [0.2, 0.25) is 0 Å². The number of H-pyrrole nitrogens is 1.